The fourth-order valence-corrected chi connectivity index (χ4v) is 5.83. The Hall–Kier alpha value is -3.20. The van der Waals surface area contributed by atoms with Gasteiger partial charge >= 0.3 is 12.3 Å². The van der Waals surface area contributed by atoms with Crippen LogP contribution >= 0.6 is 0 Å². The van der Waals surface area contributed by atoms with Crippen LogP contribution < -0.4 is 10.1 Å². The molecule has 1 atom stereocenters. The van der Waals surface area contributed by atoms with Crippen LogP contribution in [0, 0.1) is 5.92 Å². The number of nitrogens with zero attached hydrogens (tertiary/aromatic N) is 1. The molecule has 3 fully saturated rings. The number of nitrogens with one attached hydrogen (secondary N) is 1. The van der Waals surface area contributed by atoms with Gasteiger partial charge in [-0.25, -0.2) is 4.79 Å². The summed E-state index contributed by atoms with van der Waals surface area (Å²) in [6, 6.07) is 12.6. The molecule has 1 unspecified atom stereocenters. The van der Waals surface area contributed by atoms with E-state index in [2.05, 4.69) is 9.88 Å². The second kappa shape index (κ2) is 11.0. The smallest absolute Gasteiger partial charge is 0.411 e. The molecule has 2 aromatic carbocycles. The second-order valence-electron chi connectivity index (χ2n) is 11.3. The first-order chi connectivity index (χ1) is 19.2. The van der Waals surface area contributed by atoms with Crippen molar-refractivity contribution < 1.29 is 32.2 Å². The Morgan fingerprint density at radius 3 is 2.40 bits per heavy atom. The van der Waals surface area contributed by atoms with Crippen molar-refractivity contribution in [3.8, 4) is 17.0 Å². The van der Waals surface area contributed by atoms with Gasteiger partial charge in [-0.05, 0) is 80.3 Å². The average molecular weight is 557 g/mol. The number of aromatic nitrogens is 1. The molecule has 3 aliphatic rings. The highest BCUT2D eigenvalue weighted by atomic mass is 19.4. The summed E-state index contributed by atoms with van der Waals surface area (Å²) in [5, 5.41) is 3.34. The maximum absolute atomic E-state index is 13.9. The van der Waals surface area contributed by atoms with E-state index in [1.807, 2.05) is 13.0 Å². The first-order valence-electron chi connectivity index (χ1n) is 14.3. The molecule has 0 radical (unpaired) electrons. The maximum Gasteiger partial charge on any atom is 0.411 e. The van der Waals surface area contributed by atoms with E-state index in [0.29, 0.717) is 47.2 Å². The van der Waals surface area contributed by atoms with Gasteiger partial charge < -0.3 is 18.8 Å². The molecule has 1 saturated heterocycles. The Morgan fingerprint density at radius 2 is 1.77 bits per heavy atom. The van der Waals surface area contributed by atoms with Crippen molar-refractivity contribution in [3.05, 3.63) is 48.0 Å². The first kappa shape index (κ1) is 27.0. The van der Waals surface area contributed by atoms with E-state index in [4.69, 9.17) is 14.2 Å². The summed E-state index contributed by atoms with van der Waals surface area (Å²) in [6.45, 7) is 3.18. The molecule has 0 bridgehead atoms. The molecule has 1 N–H and O–H groups in total. The second-order valence-corrected chi connectivity index (χ2v) is 11.3. The predicted octanol–water partition coefficient (Wildman–Crippen LogP) is 8.04. The molecule has 2 heterocycles. The summed E-state index contributed by atoms with van der Waals surface area (Å²) in [5.74, 6) is 1.09. The summed E-state index contributed by atoms with van der Waals surface area (Å²) in [7, 11) is 0. The molecule has 214 valence electrons. The van der Waals surface area contributed by atoms with Gasteiger partial charge in [-0.1, -0.05) is 12.1 Å². The number of benzene rings is 2. The largest absolute Gasteiger partial charge is 0.490 e. The molecular weight excluding hydrogens is 521 g/mol. The van der Waals surface area contributed by atoms with E-state index in [1.54, 1.807) is 36.4 Å². The molecule has 1 amide bonds. The minimum absolute atomic E-state index is 0.0337. The number of halogens is 3. The number of carbonyl (C=O) groups excluding carboxylic acids is 1. The van der Waals surface area contributed by atoms with Crippen LogP contribution in [0.25, 0.3) is 22.2 Å². The van der Waals surface area contributed by atoms with Crippen molar-refractivity contribution in [1.29, 1.82) is 0 Å². The third-order valence-corrected chi connectivity index (χ3v) is 8.35. The molecule has 0 spiro atoms. The molecule has 1 aromatic heterocycles. The van der Waals surface area contributed by atoms with Gasteiger partial charge in [-0.15, -0.1) is 0 Å². The lowest BCUT2D eigenvalue weighted by Gasteiger charge is -2.30. The number of hydrogen-bond donors (Lipinski definition) is 1. The highest BCUT2D eigenvalue weighted by Gasteiger charge is 2.35. The lowest BCUT2D eigenvalue weighted by molar-refractivity contribution is -0.126. The van der Waals surface area contributed by atoms with Crippen molar-refractivity contribution in [3.63, 3.8) is 0 Å². The van der Waals surface area contributed by atoms with Crippen LogP contribution in [0.4, 0.5) is 23.7 Å². The number of ether oxygens (including phenoxy) is 3. The molecule has 1 aliphatic heterocycles. The highest BCUT2D eigenvalue weighted by molar-refractivity contribution is 5.93. The molecule has 3 aromatic rings. The van der Waals surface area contributed by atoms with Crippen LogP contribution in [0.2, 0.25) is 0 Å². The van der Waals surface area contributed by atoms with E-state index in [-0.39, 0.29) is 23.8 Å². The molecule has 40 heavy (non-hydrogen) atoms. The molecule has 6 nitrogen and oxygen atoms in total. The van der Waals surface area contributed by atoms with Gasteiger partial charge in [0.2, 0.25) is 0 Å². The normalized spacial score (nSPS) is 19.3. The standard InChI is InChI=1S/C31H35F3N2O4/c1-19(20-5-6-20)39-30(37)35-22-9-7-21(8-10-22)29-27(18-31(32,33)34)26-12-11-25(40-24-13-15-38-16-14-24)17-28(26)36(29)23-3-2-4-23/h7-12,17,19-20,23-24H,2-6,13-16,18H2,1H3,(H,35,37). The van der Waals surface area contributed by atoms with Gasteiger partial charge in [0.25, 0.3) is 0 Å². The number of alkyl halides is 3. The van der Waals surface area contributed by atoms with Crippen molar-refractivity contribution in [2.75, 3.05) is 18.5 Å². The summed E-state index contributed by atoms with van der Waals surface area (Å²) in [4.78, 5) is 12.3. The SMILES string of the molecule is CC(OC(=O)Nc1ccc(-c2c(CC(F)(F)F)c3ccc(OC4CCOCC4)cc3n2C2CCC2)cc1)C1CC1. The zero-order chi connectivity index (χ0) is 27.9. The zero-order valence-electron chi connectivity index (χ0n) is 22.6. The molecular formula is C31H35F3N2O4. The Balaban J connectivity index is 1.35. The highest BCUT2D eigenvalue weighted by Crippen LogP contribution is 2.45. The van der Waals surface area contributed by atoms with Gasteiger partial charge in [-0.3, -0.25) is 5.32 Å². The zero-order valence-corrected chi connectivity index (χ0v) is 22.6. The lowest BCUT2D eigenvalue weighted by atomic mass is 9.92. The minimum Gasteiger partial charge on any atom is -0.490 e. The van der Waals surface area contributed by atoms with Crippen LogP contribution in [0.5, 0.6) is 5.75 Å². The Kier molecular flexibility index (Phi) is 7.42. The van der Waals surface area contributed by atoms with Crippen LogP contribution in [-0.2, 0) is 15.9 Å². The number of carbonyl (C=O) groups is 1. The lowest BCUT2D eigenvalue weighted by Crippen LogP contribution is -2.25. The fourth-order valence-electron chi connectivity index (χ4n) is 5.83. The van der Waals surface area contributed by atoms with Gasteiger partial charge in [0.1, 0.15) is 18.0 Å². The van der Waals surface area contributed by atoms with Gasteiger partial charge in [0.15, 0.2) is 0 Å². The number of amides is 1. The molecule has 6 rings (SSSR count). The molecule has 2 saturated carbocycles. The van der Waals surface area contributed by atoms with Crippen LogP contribution in [0.1, 0.15) is 63.5 Å². The van der Waals surface area contributed by atoms with Crippen molar-refractivity contribution in [2.45, 2.75) is 82.7 Å². The Bertz CT molecular complexity index is 1350. The number of anilines is 1. The topological polar surface area (TPSA) is 61.7 Å². The van der Waals surface area contributed by atoms with Crippen LogP contribution in [-0.4, -0.2) is 42.3 Å². The number of fused-ring (bicyclic) bond motifs is 1. The molecule has 2 aliphatic carbocycles. The van der Waals surface area contributed by atoms with E-state index in [9.17, 15) is 18.0 Å². The van der Waals surface area contributed by atoms with Crippen LogP contribution in [0.3, 0.4) is 0 Å². The summed E-state index contributed by atoms with van der Waals surface area (Å²) < 4.78 is 61.0. The van der Waals surface area contributed by atoms with E-state index in [1.165, 1.54) is 0 Å². The van der Waals surface area contributed by atoms with E-state index >= 15 is 0 Å². The summed E-state index contributed by atoms with van der Waals surface area (Å²) >= 11 is 0. The van der Waals surface area contributed by atoms with Crippen molar-refractivity contribution >= 4 is 22.7 Å². The molecule has 9 heteroatoms. The average Bonchev–Trinajstić information content (AvgIpc) is 3.69. The predicted molar refractivity (Wildman–Crippen MR) is 147 cm³/mol. The van der Waals surface area contributed by atoms with Crippen molar-refractivity contribution in [2.24, 2.45) is 5.92 Å². The van der Waals surface area contributed by atoms with Gasteiger partial charge in [0.05, 0.1) is 30.8 Å². The quantitative estimate of drug-likeness (QED) is 0.305. The van der Waals surface area contributed by atoms with E-state index in [0.717, 1.165) is 50.5 Å². The number of hydrogen-bond acceptors (Lipinski definition) is 4. The number of rotatable bonds is 8. The van der Waals surface area contributed by atoms with Crippen LogP contribution in [0.15, 0.2) is 42.5 Å². The summed E-state index contributed by atoms with van der Waals surface area (Å²) in [5.41, 5.74) is 2.83. The van der Waals surface area contributed by atoms with Crippen molar-refractivity contribution in [1.82, 2.24) is 4.57 Å². The third-order valence-electron chi connectivity index (χ3n) is 8.35. The summed E-state index contributed by atoms with van der Waals surface area (Å²) in [6.07, 6.45) is 0.581. The van der Waals surface area contributed by atoms with E-state index < -0.39 is 18.7 Å². The Labute approximate surface area is 231 Å². The first-order valence-corrected chi connectivity index (χ1v) is 14.3. The maximum atomic E-state index is 13.9. The Morgan fingerprint density at radius 1 is 1.05 bits per heavy atom. The monoisotopic (exact) mass is 556 g/mol. The third kappa shape index (κ3) is 5.94. The fraction of sp³-hybridized carbons (Fsp3) is 0.516. The van der Waals surface area contributed by atoms with Gasteiger partial charge in [-0.2, -0.15) is 13.2 Å². The minimum atomic E-state index is -4.37. The van der Waals surface area contributed by atoms with Gasteiger partial charge in [0, 0.05) is 36.0 Å².